The molecule has 1 aliphatic rings. The molecule has 11 heteroatoms. The smallest absolute Gasteiger partial charge is 0.256 e. The zero-order valence-electron chi connectivity index (χ0n) is 25.0. The summed E-state index contributed by atoms with van der Waals surface area (Å²) in [4.78, 5) is 46.9. The molecule has 2 bridgehead atoms. The SMILES string of the molecule is N#Cc1ccc(C(=O)N2CCCCN(C(=O)CCn3ccccc3=O)CCCOc3cccc(c3)-c3nccn3CC2)c(F)c1. The highest BCUT2D eigenvalue weighted by molar-refractivity contribution is 5.94. The number of aryl methyl sites for hydroxylation is 1. The van der Waals surface area contributed by atoms with E-state index in [0.29, 0.717) is 64.3 Å². The van der Waals surface area contributed by atoms with Crippen LogP contribution in [0.3, 0.4) is 0 Å². The van der Waals surface area contributed by atoms with Gasteiger partial charge in [0.25, 0.3) is 11.5 Å². The summed E-state index contributed by atoms with van der Waals surface area (Å²) in [6.45, 7) is 2.72. The van der Waals surface area contributed by atoms with Crippen molar-refractivity contribution in [1.29, 1.82) is 5.26 Å². The van der Waals surface area contributed by atoms with E-state index < -0.39 is 11.7 Å². The Morgan fingerprint density at radius 3 is 2.53 bits per heavy atom. The minimum atomic E-state index is -0.739. The number of nitrogens with zero attached hydrogens (tertiary/aromatic N) is 6. The van der Waals surface area contributed by atoms with Crippen LogP contribution in [0.15, 0.2) is 84.0 Å². The van der Waals surface area contributed by atoms with Gasteiger partial charge in [-0.05, 0) is 55.7 Å². The summed E-state index contributed by atoms with van der Waals surface area (Å²) in [6, 6.07) is 18.3. The molecule has 4 aromatic rings. The van der Waals surface area contributed by atoms with Crippen LogP contribution in [0.2, 0.25) is 0 Å². The molecule has 0 saturated carbocycles. The second kappa shape index (κ2) is 15.0. The number of benzene rings is 2. The van der Waals surface area contributed by atoms with Gasteiger partial charge in [0, 0.05) is 75.9 Å². The molecule has 45 heavy (non-hydrogen) atoms. The predicted octanol–water partition coefficient (Wildman–Crippen LogP) is 4.35. The number of carbonyl (C=O) groups excluding carboxylic acids is 2. The Hall–Kier alpha value is -5.24. The first-order valence-corrected chi connectivity index (χ1v) is 15.1. The molecule has 1 aliphatic heterocycles. The average Bonchev–Trinajstić information content (AvgIpc) is 3.53. The first kappa shape index (κ1) is 31.2. The van der Waals surface area contributed by atoms with E-state index in [9.17, 15) is 18.8 Å². The van der Waals surface area contributed by atoms with E-state index in [1.165, 1.54) is 22.8 Å². The lowest BCUT2D eigenvalue weighted by molar-refractivity contribution is -0.131. The molecule has 5 rings (SSSR count). The molecular weight excluding hydrogens is 575 g/mol. The number of fused-ring (bicyclic) bond motifs is 4. The molecule has 3 heterocycles. The fourth-order valence-corrected chi connectivity index (χ4v) is 5.38. The summed E-state index contributed by atoms with van der Waals surface area (Å²) in [7, 11) is 0. The van der Waals surface area contributed by atoms with Crippen LogP contribution < -0.4 is 10.3 Å². The van der Waals surface area contributed by atoms with Crippen molar-refractivity contribution in [3.8, 4) is 23.2 Å². The zero-order chi connectivity index (χ0) is 31.6. The van der Waals surface area contributed by atoms with Crippen molar-refractivity contribution in [2.45, 2.75) is 38.8 Å². The molecule has 0 spiro atoms. The van der Waals surface area contributed by atoms with E-state index in [0.717, 1.165) is 17.5 Å². The highest BCUT2D eigenvalue weighted by Gasteiger charge is 2.21. The van der Waals surface area contributed by atoms with Crippen LogP contribution >= 0.6 is 0 Å². The third-order valence-corrected chi connectivity index (χ3v) is 7.80. The number of halogens is 1. The summed E-state index contributed by atoms with van der Waals surface area (Å²) in [5, 5.41) is 9.13. The molecule has 2 aromatic heterocycles. The summed E-state index contributed by atoms with van der Waals surface area (Å²) < 4.78 is 24.4. The summed E-state index contributed by atoms with van der Waals surface area (Å²) in [6.07, 6.45) is 7.21. The number of amides is 2. The van der Waals surface area contributed by atoms with Crippen LogP contribution in [0.1, 0.15) is 41.6 Å². The average molecular weight is 611 g/mol. The largest absolute Gasteiger partial charge is 0.494 e. The van der Waals surface area contributed by atoms with E-state index in [2.05, 4.69) is 4.98 Å². The maximum absolute atomic E-state index is 14.9. The third kappa shape index (κ3) is 8.03. The zero-order valence-corrected chi connectivity index (χ0v) is 25.0. The van der Waals surface area contributed by atoms with Gasteiger partial charge < -0.3 is 23.7 Å². The Balaban J connectivity index is 1.36. The quantitative estimate of drug-likeness (QED) is 0.340. The topological polar surface area (TPSA) is 113 Å². The van der Waals surface area contributed by atoms with Crippen molar-refractivity contribution in [3.05, 3.63) is 107 Å². The first-order chi connectivity index (χ1) is 21.9. The van der Waals surface area contributed by atoms with Crippen LogP contribution in [0.4, 0.5) is 4.39 Å². The van der Waals surface area contributed by atoms with Gasteiger partial charge in [0.15, 0.2) is 0 Å². The maximum atomic E-state index is 14.9. The molecule has 232 valence electrons. The Morgan fingerprint density at radius 1 is 0.911 bits per heavy atom. The Kier molecular flexibility index (Phi) is 10.4. The summed E-state index contributed by atoms with van der Waals surface area (Å²) in [5.41, 5.74) is 0.744. The van der Waals surface area contributed by atoms with Crippen LogP contribution in [-0.2, 0) is 17.9 Å². The molecular formula is C34H35FN6O4. The van der Waals surface area contributed by atoms with Gasteiger partial charge in [0.2, 0.25) is 5.91 Å². The molecule has 0 radical (unpaired) electrons. The molecule has 0 fully saturated rings. The highest BCUT2D eigenvalue weighted by atomic mass is 19.1. The lowest BCUT2D eigenvalue weighted by Crippen LogP contribution is -2.37. The second-order valence-corrected chi connectivity index (χ2v) is 10.8. The van der Waals surface area contributed by atoms with Crippen molar-refractivity contribution in [3.63, 3.8) is 0 Å². The fourth-order valence-electron chi connectivity index (χ4n) is 5.38. The normalized spacial score (nSPS) is 14.5. The molecule has 0 aliphatic carbocycles. The van der Waals surface area contributed by atoms with Crippen LogP contribution in [0, 0.1) is 17.1 Å². The molecule has 0 N–H and O–H groups in total. The Labute approximate surface area is 260 Å². The van der Waals surface area contributed by atoms with Crippen LogP contribution in [0.25, 0.3) is 11.4 Å². The highest BCUT2D eigenvalue weighted by Crippen LogP contribution is 2.23. The van der Waals surface area contributed by atoms with Crippen molar-refractivity contribution in [2.24, 2.45) is 0 Å². The fraction of sp³-hybridized carbons (Fsp3) is 0.324. The second-order valence-electron chi connectivity index (χ2n) is 10.8. The van der Waals surface area contributed by atoms with Gasteiger partial charge in [-0.25, -0.2) is 9.37 Å². The van der Waals surface area contributed by atoms with Gasteiger partial charge in [-0.15, -0.1) is 0 Å². The minimum absolute atomic E-state index is 0.0660. The third-order valence-electron chi connectivity index (χ3n) is 7.80. The van der Waals surface area contributed by atoms with E-state index in [1.807, 2.05) is 41.1 Å². The first-order valence-electron chi connectivity index (χ1n) is 15.1. The van der Waals surface area contributed by atoms with E-state index in [-0.39, 0.29) is 35.6 Å². The molecule has 2 amide bonds. The monoisotopic (exact) mass is 610 g/mol. The molecule has 0 atom stereocenters. The number of ether oxygens (including phenoxy) is 1. The molecule has 2 aromatic carbocycles. The number of carbonyl (C=O) groups is 2. The van der Waals surface area contributed by atoms with Gasteiger partial charge in [-0.2, -0.15) is 5.26 Å². The number of imidazole rings is 1. The van der Waals surface area contributed by atoms with Gasteiger partial charge >= 0.3 is 0 Å². The summed E-state index contributed by atoms with van der Waals surface area (Å²) in [5.74, 6) is 0.130. The van der Waals surface area contributed by atoms with Gasteiger partial charge in [-0.1, -0.05) is 18.2 Å². The van der Waals surface area contributed by atoms with Crippen LogP contribution in [-0.4, -0.2) is 68.5 Å². The number of rotatable bonds is 4. The minimum Gasteiger partial charge on any atom is -0.494 e. The van der Waals surface area contributed by atoms with E-state index in [4.69, 9.17) is 10.00 Å². The standard InChI is InChI=1S/C34H35FN6O4/c35-30-23-26(25-36)10-11-29(30)34(44)41-16-4-3-15-38(32(43)12-18-39-14-2-1-9-31(39)42)17-6-22-45-28-8-5-7-27(24-28)33-37-13-19-40(33)20-21-41/h1-2,5,7-11,13-14,19,23-24H,3-4,6,12,15-18,20-22H2. The number of pyridine rings is 1. The lowest BCUT2D eigenvalue weighted by Gasteiger charge is -2.26. The number of nitriles is 1. The van der Waals surface area contributed by atoms with E-state index >= 15 is 0 Å². The number of hydrogen-bond donors (Lipinski definition) is 0. The van der Waals surface area contributed by atoms with Crippen LogP contribution in [0.5, 0.6) is 5.75 Å². The lowest BCUT2D eigenvalue weighted by atomic mass is 10.1. The number of hydrogen-bond acceptors (Lipinski definition) is 6. The van der Waals surface area contributed by atoms with E-state index in [1.54, 1.807) is 34.3 Å². The molecule has 10 nitrogen and oxygen atoms in total. The Bertz CT molecular complexity index is 1740. The molecule has 0 saturated heterocycles. The van der Waals surface area contributed by atoms with Crippen molar-refractivity contribution in [2.75, 3.05) is 32.8 Å². The van der Waals surface area contributed by atoms with Gasteiger partial charge in [0.1, 0.15) is 17.4 Å². The maximum Gasteiger partial charge on any atom is 0.256 e. The predicted molar refractivity (Wildman–Crippen MR) is 166 cm³/mol. The van der Waals surface area contributed by atoms with Crippen molar-refractivity contribution >= 4 is 11.8 Å². The Morgan fingerprint density at radius 2 is 1.73 bits per heavy atom. The van der Waals surface area contributed by atoms with Gasteiger partial charge in [0.05, 0.1) is 23.8 Å². The van der Waals surface area contributed by atoms with Crippen molar-refractivity contribution in [1.82, 2.24) is 23.9 Å². The summed E-state index contributed by atoms with van der Waals surface area (Å²) >= 11 is 0. The number of aromatic nitrogens is 3. The van der Waals surface area contributed by atoms with Gasteiger partial charge in [-0.3, -0.25) is 14.4 Å². The van der Waals surface area contributed by atoms with Crippen molar-refractivity contribution < 1.29 is 18.7 Å². The molecule has 0 unspecified atom stereocenters.